The quantitative estimate of drug-likeness (QED) is 0.944. The Morgan fingerprint density at radius 2 is 1.91 bits per heavy atom. The molecule has 0 radical (unpaired) electrons. The van der Waals surface area contributed by atoms with Crippen LogP contribution in [0.25, 0.3) is 11.0 Å². The number of carbonyl (C=O) groups is 1. The Morgan fingerprint density at radius 3 is 2.57 bits per heavy atom. The van der Waals surface area contributed by atoms with E-state index in [1.165, 1.54) is 5.69 Å². The number of nitrogens with one attached hydrogen (secondary N) is 1. The molecule has 1 fully saturated rings. The summed E-state index contributed by atoms with van der Waals surface area (Å²) in [6, 6.07) is 6.35. The van der Waals surface area contributed by atoms with E-state index in [9.17, 15) is 4.79 Å². The van der Waals surface area contributed by atoms with Crippen LogP contribution in [0.5, 0.6) is 0 Å². The lowest BCUT2D eigenvalue weighted by Crippen LogP contribution is -2.50. The minimum Gasteiger partial charge on any atom is -0.368 e. The van der Waals surface area contributed by atoms with Crippen LogP contribution in [0.2, 0.25) is 0 Å². The molecule has 124 valence electrons. The van der Waals surface area contributed by atoms with Crippen LogP contribution in [-0.2, 0) is 4.79 Å². The zero-order chi connectivity index (χ0) is 16.4. The molecule has 23 heavy (non-hydrogen) atoms. The summed E-state index contributed by atoms with van der Waals surface area (Å²) in [6.07, 6.45) is 1.87. The number of anilines is 1. The average molecular weight is 314 g/mol. The second-order valence-electron chi connectivity index (χ2n) is 6.35. The van der Waals surface area contributed by atoms with E-state index in [0.717, 1.165) is 55.9 Å². The van der Waals surface area contributed by atoms with Gasteiger partial charge < -0.3 is 14.8 Å². The SMILES string of the molecule is CCC(CC)C(=O)N1CCN(c2ccc3nc(C)[nH]c3c2)CC1. The summed E-state index contributed by atoms with van der Waals surface area (Å²) in [6.45, 7) is 9.59. The summed E-state index contributed by atoms with van der Waals surface area (Å²) < 4.78 is 0. The van der Waals surface area contributed by atoms with Crippen LogP contribution in [0.4, 0.5) is 5.69 Å². The molecular weight excluding hydrogens is 288 g/mol. The first-order valence-corrected chi connectivity index (χ1v) is 8.62. The highest BCUT2D eigenvalue weighted by Crippen LogP contribution is 2.22. The molecule has 5 heteroatoms. The van der Waals surface area contributed by atoms with Gasteiger partial charge in [0.25, 0.3) is 0 Å². The molecule has 2 heterocycles. The van der Waals surface area contributed by atoms with Crippen molar-refractivity contribution in [3.63, 3.8) is 0 Å². The molecule has 3 rings (SSSR count). The molecule has 0 spiro atoms. The Kier molecular flexibility index (Phi) is 4.55. The highest BCUT2D eigenvalue weighted by molar-refractivity contribution is 5.80. The second-order valence-corrected chi connectivity index (χ2v) is 6.35. The molecule has 2 aromatic rings. The number of hydrogen-bond acceptors (Lipinski definition) is 3. The molecule has 1 aliphatic rings. The molecule has 1 aromatic heterocycles. The van der Waals surface area contributed by atoms with Crippen LogP contribution in [0.1, 0.15) is 32.5 Å². The van der Waals surface area contributed by atoms with Gasteiger partial charge in [0, 0.05) is 37.8 Å². The second kappa shape index (κ2) is 6.60. The summed E-state index contributed by atoms with van der Waals surface area (Å²) in [5, 5.41) is 0. The molecule has 0 aliphatic carbocycles. The number of amides is 1. The smallest absolute Gasteiger partial charge is 0.225 e. The number of aromatic nitrogens is 2. The Balaban J connectivity index is 1.66. The van der Waals surface area contributed by atoms with Gasteiger partial charge in [-0.3, -0.25) is 4.79 Å². The number of piperazine rings is 1. The van der Waals surface area contributed by atoms with Crippen molar-refractivity contribution in [1.29, 1.82) is 0 Å². The van der Waals surface area contributed by atoms with E-state index in [0.29, 0.717) is 5.91 Å². The van der Waals surface area contributed by atoms with E-state index < -0.39 is 0 Å². The Morgan fingerprint density at radius 1 is 1.22 bits per heavy atom. The zero-order valence-corrected chi connectivity index (χ0v) is 14.3. The number of rotatable bonds is 4. The summed E-state index contributed by atoms with van der Waals surface area (Å²) in [5.41, 5.74) is 3.29. The van der Waals surface area contributed by atoms with E-state index in [1.807, 2.05) is 11.8 Å². The van der Waals surface area contributed by atoms with E-state index in [2.05, 4.69) is 46.9 Å². The van der Waals surface area contributed by atoms with Crippen molar-refractivity contribution < 1.29 is 4.79 Å². The summed E-state index contributed by atoms with van der Waals surface area (Å²) >= 11 is 0. The van der Waals surface area contributed by atoms with Crippen LogP contribution >= 0.6 is 0 Å². The first kappa shape index (κ1) is 15.8. The van der Waals surface area contributed by atoms with E-state index >= 15 is 0 Å². The molecule has 1 saturated heterocycles. The predicted octanol–water partition coefficient (Wildman–Crippen LogP) is 2.96. The van der Waals surface area contributed by atoms with Crippen LogP contribution in [0.3, 0.4) is 0 Å². The van der Waals surface area contributed by atoms with Gasteiger partial charge in [-0.1, -0.05) is 13.8 Å². The van der Waals surface area contributed by atoms with Crippen LogP contribution in [0, 0.1) is 12.8 Å². The highest BCUT2D eigenvalue weighted by Gasteiger charge is 2.25. The minimum atomic E-state index is 0.186. The molecular formula is C18H26N4O. The summed E-state index contributed by atoms with van der Waals surface area (Å²) in [5.74, 6) is 1.46. The number of aryl methyl sites for hydroxylation is 1. The fraction of sp³-hybridized carbons (Fsp3) is 0.556. The van der Waals surface area contributed by atoms with Crippen LogP contribution in [-0.4, -0.2) is 47.0 Å². The number of aromatic amines is 1. The number of fused-ring (bicyclic) bond motifs is 1. The highest BCUT2D eigenvalue weighted by atomic mass is 16.2. The summed E-state index contributed by atoms with van der Waals surface area (Å²) in [4.78, 5) is 24.6. The molecule has 0 atom stereocenters. The topological polar surface area (TPSA) is 52.2 Å². The number of benzene rings is 1. The van der Waals surface area contributed by atoms with Gasteiger partial charge in [0.05, 0.1) is 11.0 Å². The molecule has 1 amide bonds. The number of nitrogens with zero attached hydrogens (tertiary/aromatic N) is 3. The first-order chi connectivity index (χ1) is 11.1. The lowest BCUT2D eigenvalue weighted by atomic mass is 10.0. The standard InChI is InChI=1S/C18H26N4O/c1-4-14(5-2)18(23)22-10-8-21(9-11-22)15-6-7-16-17(12-15)20-13(3)19-16/h6-7,12,14H,4-5,8-11H2,1-3H3,(H,19,20). The fourth-order valence-corrected chi connectivity index (χ4v) is 3.40. The molecule has 0 bridgehead atoms. The lowest BCUT2D eigenvalue weighted by molar-refractivity contribution is -0.136. The van der Waals surface area contributed by atoms with E-state index in [4.69, 9.17) is 0 Å². The van der Waals surface area contributed by atoms with Crippen molar-refractivity contribution in [2.24, 2.45) is 5.92 Å². The predicted molar refractivity (Wildman–Crippen MR) is 93.7 cm³/mol. The van der Waals surface area contributed by atoms with Crippen molar-refractivity contribution in [2.45, 2.75) is 33.6 Å². The third kappa shape index (κ3) is 3.19. The van der Waals surface area contributed by atoms with Crippen molar-refractivity contribution in [3.8, 4) is 0 Å². The van der Waals surface area contributed by atoms with Gasteiger partial charge in [0.2, 0.25) is 5.91 Å². The largest absolute Gasteiger partial charge is 0.368 e. The van der Waals surface area contributed by atoms with Crippen LogP contribution in [0.15, 0.2) is 18.2 Å². The first-order valence-electron chi connectivity index (χ1n) is 8.62. The van der Waals surface area contributed by atoms with Crippen molar-refractivity contribution in [2.75, 3.05) is 31.1 Å². The van der Waals surface area contributed by atoms with E-state index in [-0.39, 0.29) is 5.92 Å². The molecule has 1 aliphatic heterocycles. The van der Waals surface area contributed by atoms with Crippen molar-refractivity contribution in [1.82, 2.24) is 14.9 Å². The maximum absolute atomic E-state index is 12.5. The summed E-state index contributed by atoms with van der Waals surface area (Å²) in [7, 11) is 0. The molecule has 0 unspecified atom stereocenters. The maximum atomic E-state index is 12.5. The van der Waals surface area contributed by atoms with Gasteiger partial charge in [0.15, 0.2) is 0 Å². The number of H-pyrrole nitrogens is 1. The Bertz CT molecular complexity index is 681. The van der Waals surface area contributed by atoms with Gasteiger partial charge in [-0.05, 0) is 38.0 Å². The van der Waals surface area contributed by atoms with Gasteiger partial charge in [-0.15, -0.1) is 0 Å². The van der Waals surface area contributed by atoms with E-state index in [1.54, 1.807) is 0 Å². The number of carbonyl (C=O) groups excluding carboxylic acids is 1. The van der Waals surface area contributed by atoms with Gasteiger partial charge in [0.1, 0.15) is 5.82 Å². The van der Waals surface area contributed by atoms with Gasteiger partial charge in [-0.2, -0.15) is 0 Å². The van der Waals surface area contributed by atoms with Crippen molar-refractivity contribution in [3.05, 3.63) is 24.0 Å². The normalized spacial score (nSPS) is 15.7. The average Bonchev–Trinajstić information content (AvgIpc) is 2.95. The van der Waals surface area contributed by atoms with Crippen molar-refractivity contribution >= 4 is 22.6 Å². The Labute approximate surface area is 137 Å². The molecule has 0 saturated carbocycles. The zero-order valence-electron chi connectivity index (χ0n) is 14.3. The minimum absolute atomic E-state index is 0.186. The van der Waals surface area contributed by atoms with Gasteiger partial charge in [-0.25, -0.2) is 4.98 Å². The lowest BCUT2D eigenvalue weighted by Gasteiger charge is -2.37. The third-order valence-corrected chi connectivity index (χ3v) is 4.88. The number of imidazole rings is 1. The molecule has 5 nitrogen and oxygen atoms in total. The number of hydrogen-bond donors (Lipinski definition) is 1. The fourth-order valence-electron chi connectivity index (χ4n) is 3.40. The third-order valence-electron chi connectivity index (χ3n) is 4.88. The van der Waals surface area contributed by atoms with Crippen LogP contribution < -0.4 is 4.90 Å². The van der Waals surface area contributed by atoms with Gasteiger partial charge >= 0.3 is 0 Å². The Hall–Kier alpha value is -2.04. The monoisotopic (exact) mass is 314 g/mol. The molecule has 1 N–H and O–H groups in total. The molecule has 1 aromatic carbocycles. The maximum Gasteiger partial charge on any atom is 0.225 e.